The van der Waals surface area contributed by atoms with Crippen LogP contribution in [0, 0.1) is 0 Å². The third-order valence-electron chi connectivity index (χ3n) is 2.30. The van der Waals surface area contributed by atoms with E-state index < -0.39 is 8.32 Å². The van der Waals surface area contributed by atoms with Crippen molar-refractivity contribution in [3.8, 4) is 0 Å². The molecule has 0 aromatic heterocycles. The fourth-order valence-electron chi connectivity index (χ4n) is 1.62. The zero-order chi connectivity index (χ0) is 13.3. The molecule has 17 heavy (non-hydrogen) atoms. The van der Waals surface area contributed by atoms with Crippen molar-refractivity contribution in [2.45, 2.75) is 64.5 Å². The zero-order valence-corrected chi connectivity index (χ0v) is 12.8. The van der Waals surface area contributed by atoms with E-state index in [1.807, 2.05) is 6.08 Å². The summed E-state index contributed by atoms with van der Waals surface area (Å²) in [7, 11) is -1.41. The molecule has 0 aliphatic rings. The van der Waals surface area contributed by atoms with Crippen molar-refractivity contribution in [2.75, 3.05) is 0 Å². The Morgan fingerprint density at radius 1 is 1.24 bits per heavy atom. The number of aliphatic hydroxyl groups excluding tert-OH is 1. The molecule has 0 bridgehead atoms. The van der Waals surface area contributed by atoms with Crippen molar-refractivity contribution < 1.29 is 9.53 Å². The number of aliphatic hydroxyl groups is 1. The molecule has 0 aliphatic carbocycles. The number of rotatable bonds is 9. The van der Waals surface area contributed by atoms with Gasteiger partial charge >= 0.3 is 0 Å². The van der Waals surface area contributed by atoms with Crippen molar-refractivity contribution >= 4 is 8.32 Å². The lowest BCUT2D eigenvalue weighted by Gasteiger charge is -2.22. The molecule has 0 radical (unpaired) electrons. The minimum atomic E-state index is -1.41. The molecule has 0 saturated heterocycles. The van der Waals surface area contributed by atoms with Gasteiger partial charge in [-0.05, 0) is 52.2 Å². The molecule has 0 amide bonds. The van der Waals surface area contributed by atoms with Gasteiger partial charge in [0.2, 0.25) is 0 Å². The second kappa shape index (κ2) is 8.67. The smallest absolute Gasteiger partial charge is 0.184 e. The molecule has 0 heterocycles. The van der Waals surface area contributed by atoms with Gasteiger partial charge < -0.3 is 9.53 Å². The highest BCUT2D eigenvalue weighted by Crippen LogP contribution is 2.10. The highest BCUT2D eigenvalue weighted by Gasteiger charge is 2.17. The lowest BCUT2D eigenvalue weighted by Crippen LogP contribution is -2.30. The number of hydrogen-bond acceptors (Lipinski definition) is 2. The topological polar surface area (TPSA) is 29.5 Å². The van der Waals surface area contributed by atoms with E-state index in [9.17, 15) is 5.11 Å². The van der Waals surface area contributed by atoms with Crippen molar-refractivity contribution in [1.29, 1.82) is 0 Å². The van der Waals surface area contributed by atoms with Crippen LogP contribution in [0.2, 0.25) is 19.6 Å². The Morgan fingerprint density at radius 3 is 2.35 bits per heavy atom. The molecule has 1 N–H and O–H groups in total. The van der Waals surface area contributed by atoms with E-state index in [2.05, 4.69) is 45.3 Å². The molecule has 0 aliphatic heterocycles. The van der Waals surface area contributed by atoms with Gasteiger partial charge in [0.1, 0.15) is 0 Å². The first kappa shape index (κ1) is 16.6. The Labute approximate surface area is 108 Å². The Balaban J connectivity index is 3.69. The first-order chi connectivity index (χ1) is 7.85. The minimum absolute atomic E-state index is 0.238. The van der Waals surface area contributed by atoms with Crippen LogP contribution in [0.5, 0.6) is 0 Å². The summed E-state index contributed by atoms with van der Waals surface area (Å²) < 4.78 is 5.92. The summed E-state index contributed by atoms with van der Waals surface area (Å²) >= 11 is 0. The van der Waals surface area contributed by atoms with E-state index in [0.717, 1.165) is 25.7 Å². The van der Waals surface area contributed by atoms with E-state index in [1.165, 1.54) is 0 Å². The summed E-state index contributed by atoms with van der Waals surface area (Å²) in [6.45, 7) is 12.4. The molecule has 2 atom stereocenters. The second-order valence-electron chi connectivity index (χ2n) is 5.50. The quantitative estimate of drug-likeness (QED) is 0.501. The molecule has 3 heteroatoms. The van der Waals surface area contributed by atoms with Gasteiger partial charge in [-0.3, -0.25) is 0 Å². The van der Waals surface area contributed by atoms with Gasteiger partial charge in [-0.1, -0.05) is 18.2 Å². The van der Waals surface area contributed by atoms with Crippen LogP contribution in [0.25, 0.3) is 0 Å². The predicted octanol–water partition coefficient (Wildman–Crippen LogP) is 3.89. The minimum Gasteiger partial charge on any atom is -0.415 e. The molecule has 2 unspecified atom stereocenters. The van der Waals surface area contributed by atoms with Crippen molar-refractivity contribution in [3.63, 3.8) is 0 Å². The average molecular weight is 256 g/mol. The van der Waals surface area contributed by atoms with E-state index in [-0.39, 0.29) is 12.2 Å². The van der Waals surface area contributed by atoms with Gasteiger partial charge in [0.25, 0.3) is 0 Å². The highest BCUT2D eigenvalue weighted by molar-refractivity contribution is 6.69. The summed E-state index contributed by atoms with van der Waals surface area (Å²) in [6.07, 6.45) is 9.39. The maximum absolute atomic E-state index is 9.61. The van der Waals surface area contributed by atoms with Crippen LogP contribution in [0.1, 0.15) is 32.6 Å². The molecule has 0 fully saturated rings. The molecule has 100 valence electrons. The molecular weight excluding hydrogens is 228 g/mol. The Bertz CT molecular complexity index is 231. The molecular formula is C14H28O2Si. The summed E-state index contributed by atoms with van der Waals surface area (Å²) in [5.41, 5.74) is 0. The summed E-state index contributed by atoms with van der Waals surface area (Å²) in [4.78, 5) is 0. The molecule has 0 rings (SSSR count). The fourth-order valence-corrected chi connectivity index (χ4v) is 2.92. The summed E-state index contributed by atoms with van der Waals surface area (Å²) in [5.74, 6) is 0. The molecule has 0 aromatic carbocycles. The Morgan fingerprint density at radius 2 is 1.82 bits per heavy atom. The third-order valence-corrected chi connectivity index (χ3v) is 3.41. The molecule has 0 spiro atoms. The van der Waals surface area contributed by atoms with Gasteiger partial charge in [0.05, 0.1) is 6.10 Å². The molecule has 0 aromatic rings. The lowest BCUT2D eigenvalue weighted by atomic mass is 10.1. The Hall–Kier alpha value is -0.383. The standard InChI is InChI=1S/C14H28O2Si/c1-6-7-11-14(15)12-9-8-10-13(2)16-17(3,4)5/h6,8-9,13-15H,1,7,10-12H2,2-5H3. The van der Waals surface area contributed by atoms with E-state index >= 15 is 0 Å². The SMILES string of the molecule is C=CCCC(O)CC=CCC(C)O[Si](C)(C)C. The summed E-state index contributed by atoms with van der Waals surface area (Å²) in [5, 5.41) is 9.61. The van der Waals surface area contributed by atoms with E-state index in [0.29, 0.717) is 0 Å². The van der Waals surface area contributed by atoms with Crippen molar-refractivity contribution in [2.24, 2.45) is 0 Å². The highest BCUT2D eigenvalue weighted by atomic mass is 28.4. The van der Waals surface area contributed by atoms with Gasteiger partial charge in [0.15, 0.2) is 8.32 Å². The first-order valence-corrected chi connectivity index (χ1v) is 9.87. The number of allylic oxidation sites excluding steroid dienone is 1. The second-order valence-corrected chi connectivity index (χ2v) is 9.96. The third kappa shape index (κ3) is 11.9. The van der Waals surface area contributed by atoms with Gasteiger partial charge in [-0.25, -0.2) is 0 Å². The van der Waals surface area contributed by atoms with Crippen LogP contribution in [0.15, 0.2) is 24.8 Å². The zero-order valence-electron chi connectivity index (χ0n) is 11.8. The van der Waals surface area contributed by atoms with Crippen LogP contribution < -0.4 is 0 Å². The molecule has 2 nitrogen and oxygen atoms in total. The maximum Gasteiger partial charge on any atom is 0.184 e. The predicted molar refractivity (Wildman–Crippen MR) is 77.7 cm³/mol. The molecule has 0 saturated carbocycles. The van der Waals surface area contributed by atoms with Gasteiger partial charge in [-0.15, -0.1) is 6.58 Å². The largest absolute Gasteiger partial charge is 0.415 e. The van der Waals surface area contributed by atoms with Crippen molar-refractivity contribution in [1.82, 2.24) is 0 Å². The first-order valence-electron chi connectivity index (χ1n) is 6.47. The monoisotopic (exact) mass is 256 g/mol. The van der Waals surface area contributed by atoms with Crippen LogP contribution >= 0.6 is 0 Å². The normalized spacial score (nSPS) is 16.1. The van der Waals surface area contributed by atoms with Crippen molar-refractivity contribution in [3.05, 3.63) is 24.8 Å². The Kier molecular flexibility index (Phi) is 8.48. The van der Waals surface area contributed by atoms with Crippen LogP contribution in [-0.2, 0) is 4.43 Å². The van der Waals surface area contributed by atoms with Gasteiger partial charge in [-0.2, -0.15) is 0 Å². The summed E-state index contributed by atoms with van der Waals surface area (Å²) in [6, 6.07) is 0. The van der Waals surface area contributed by atoms with Crippen LogP contribution in [0.3, 0.4) is 0 Å². The van der Waals surface area contributed by atoms with E-state index in [4.69, 9.17) is 4.43 Å². The van der Waals surface area contributed by atoms with Crippen LogP contribution in [0.4, 0.5) is 0 Å². The van der Waals surface area contributed by atoms with E-state index in [1.54, 1.807) is 0 Å². The number of hydrogen-bond donors (Lipinski definition) is 1. The average Bonchev–Trinajstić information content (AvgIpc) is 2.19. The fraction of sp³-hybridized carbons (Fsp3) is 0.714. The maximum atomic E-state index is 9.61. The lowest BCUT2D eigenvalue weighted by molar-refractivity contribution is 0.168. The van der Waals surface area contributed by atoms with Gasteiger partial charge in [0, 0.05) is 6.10 Å². The van der Waals surface area contributed by atoms with Crippen LogP contribution in [-0.4, -0.2) is 25.6 Å².